The highest BCUT2D eigenvalue weighted by atomic mass is 32.1. The topological polar surface area (TPSA) is 39.1 Å². The van der Waals surface area contributed by atoms with E-state index in [9.17, 15) is 0 Å². The zero-order valence-electron chi connectivity index (χ0n) is 10.8. The number of anilines is 1. The molecule has 2 aromatic heterocycles. The van der Waals surface area contributed by atoms with Crippen molar-refractivity contribution < 1.29 is 4.74 Å². The van der Waals surface area contributed by atoms with Crippen LogP contribution < -0.4 is 5.32 Å². The Hall–Kier alpha value is -1.33. The van der Waals surface area contributed by atoms with E-state index in [0.29, 0.717) is 6.61 Å². The van der Waals surface area contributed by atoms with Crippen molar-refractivity contribution in [2.45, 2.75) is 26.4 Å². The maximum absolute atomic E-state index is 5.02. The van der Waals surface area contributed by atoms with Gasteiger partial charge < -0.3 is 10.1 Å². The Balaban J connectivity index is 1.84. The van der Waals surface area contributed by atoms with E-state index < -0.39 is 0 Å². The molecule has 0 aliphatic heterocycles. The van der Waals surface area contributed by atoms with Crippen molar-refractivity contribution in [2.24, 2.45) is 0 Å². The van der Waals surface area contributed by atoms with Crippen molar-refractivity contribution in [3.63, 3.8) is 0 Å². The zero-order valence-corrected chi connectivity index (χ0v) is 11.7. The van der Waals surface area contributed by atoms with Crippen molar-refractivity contribution >= 4 is 17.0 Å². The Kier molecular flexibility index (Phi) is 4.78. The van der Waals surface area contributed by atoms with E-state index in [1.165, 1.54) is 9.75 Å². The van der Waals surface area contributed by atoms with E-state index in [2.05, 4.69) is 29.5 Å². The minimum atomic E-state index is 0.686. The Labute approximate surface area is 112 Å². The lowest BCUT2D eigenvalue weighted by atomic mass is 10.3. The van der Waals surface area contributed by atoms with Gasteiger partial charge in [-0.2, -0.15) is 5.10 Å². The van der Waals surface area contributed by atoms with Crippen LogP contribution in [-0.2, 0) is 24.2 Å². The molecule has 0 fully saturated rings. The minimum Gasteiger partial charge on any atom is -0.383 e. The van der Waals surface area contributed by atoms with Crippen LogP contribution in [0.25, 0.3) is 0 Å². The molecule has 0 radical (unpaired) electrons. The van der Waals surface area contributed by atoms with Crippen LogP contribution in [0, 0.1) is 0 Å². The van der Waals surface area contributed by atoms with Gasteiger partial charge in [0.15, 0.2) is 0 Å². The van der Waals surface area contributed by atoms with Gasteiger partial charge >= 0.3 is 0 Å². The van der Waals surface area contributed by atoms with Crippen molar-refractivity contribution in [2.75, 3.05) is 19.0 Å². The van der Waals surface area contributed by atoms with E-state index in [1.807, 2.05) is 28.4 Å². The van der Waals surface area contributed by atoms with E-state index in [1.54, 1.807) is 7.11 Å². The Morgan fingerprint density at radius 3 is 2.94 bits per heavy atom. The molecule has 0 aliphatic rings. The third-order valence-corrected chi connectivity index (χ3v) is 3.92. The van der Waals surface area contributed by atoms with Gasteiger partial charge in [0.05, 0.1) is 25.0 Å². The van der Waals surface area contributed by atoms with Crippen LogP contribution >= 0.6 is 11.3 Å². The third-order valence-electron chi connectivity index (χ3n) is 2.69. The molecule has 2 aromatic rings. The standard InChI is InChI=1S/C13H19N3OS/c1-3-12-4-5-13(18-12)9-14-11-8-15-16(10-11)6-7-17-2/h4-5,8,10,14H,3,6-7,9H2,1-2H3. The van der Waals surface area contributed by atoms with E-state index in [0.717, 1.165) is 25.2 Å². The lowest BCUT2D eigenvalue weighted by molar-refractivity contribution is 0.183. The summed E-state index contributed by atoms with van der Waals surface area (Å²) in [6.07, 6.45) is 4.97. The van der Waals surface area contributed by atoms with Gasteiger partial charge in [-0.25, -0.2) is 0 Å². The Morgan fingerprint density at radius 1 is 1.39 bits per heavy atom. The molecule has 0 unspecified atom stereocenters. The summed E-state index contributed by atoms with van der Waals surface area (Å²) in [6.45, 7) is 4.52. The van der Waals surface area contributed by atoms with Crippen molar-refractivity contribution in [1.82, 2.24) is 9.78 Å². The first-order chi connectivity index (χ1) is 8.81. The molecule has 0 aliphatic carbocycles. The number of hydrogen-bond acceptors (Lipinski definition) is 4. The Morgan fingerprint density at radius 2 is 2.22 bits per heavy atom. The Bertz CT molecular complexity index is 478. The number of nitrogens with zero attached hydrogens (tertiary/aromatic N) is 2. The fourth-order valence-corrected chi connectivity index (χ4v) is 2.56. The fraction of sp³-hybridized carbons (Fsp3) is 0.462. The highest BCUT2D eigenvalue weighted by Gasteiger charge is 2.01. The molecular weight excluding hydrogens is 246 g/mol. The van der Waals surface area contributed by atoms with Crippen molar-refractivity contribution in [3.8, 4) is 0 Å². The summed E-state index contributed by atoms with van der Waals surface area (Å²) in [6, 6.07) is 4.38. The molecule has 0 aromatic carbocycles. The number of hydrogen-bond donors (Lipinski definition) is 1. The molecule has 0 saturated heterocycles. The van der Waals surface area contributed by atoms with Crippen LogP contribution in [0.1, 0.15) is 16.7 Å². The van der Waals surface area contributed by atoms with E-state index >= 15 is 0 Å². The summed E-state index contributed by atoms with van der Waals surface area (Å²) in [7, 11) is 1.70. The summed E-state index contributed by atoms with van der Waals surface area (Å²) < 4.78 is 6.91. The normalized spacial score (nSPS) is 10.8. The number of aromatic nitrogens is 2. The fourth-order valence-electron chi connectivity index (χ4n) is 1.66. The lowest BCUT2D eigenvalue weighted by Crippen LogP contribution is -2.04. The molecule has 98 valence electrons. The first-order valence-electron chi connectivity index (χ1n) is 6.14. The van der Waals surface area contributed by atoms with Crippen molar-refractivity contribution in [3.05, 3.63) is 34.3 Å². The maximum Gasteiger partial charge on any atom is 0.0729 e. The smallest absolute Gasteiger partial charge is 0.0729 e. The van der Waals surface area contributed by atoms with Gasteiger partial charge in [0, 0.05) is 29.6 Å². The number of thiophene rings is 1. The van der Waals surface area contributed by atoms with Gasteiger partial charge in [-0.3, -0.25) is 4.68 Å². The van der Waals surface area contributed by atoms with Crippen molar-refractivity contribution in [1.29, 1.82) is 0 Å². The van der Waals surface area contributed by atoms with Gasteiger partial charge in [0.25, 0.3) is 0 Å². The van der Waals surface area contributed by atoms with Crippen LogP contribution in [0.5, 0.6) is 0 Å². The zero-order chi connectivity index (χ0) is 12.8. The second-order valence-corrected chi connectivity index (χ2v) is 5.31. The minimum absolute atomic E-state index is 0.686. The molecular formula is C13H19N3OS. The molecule has 18 heavy (non-hydrogen) atoms. The number of methoxy groups -OCH3 is 1. The number of nitrogens with one attached hydrogen (secondary N) is 1. The molecule has 1 N–H and O–H groups in total. The van der Waals surface area contributed by atoms with Gasteiger partial charge in [-0.1, -0.05) is 6.92 Å². The van der Waals surface area contributed by atoms with Gasteiger partial charge in [0.1, 0.15) is 0 Å². The second-order valence-electron chi connectivity index (χ2n) is 4.06. The summed E-state index contributed by atoms with van der Waals surface area (Å²) in [5.41, 5.74) is 1.05. The average molecular weight is 265 g/mol. The molecule has 0 saturated carbocycles. The van der Waals surface area contributed by atoms with E-state index in [4.69, 9.17) is 4.74 Å². The van der Waals surface area contributed by atoms with Crippen LogP contribution in [0.4, 0.5) is 5.69 Å². The number of rotatable bonds is 7. The van der Waals surface area contributed by atoms with Crippen LogP contribution in [0.3, 0.4) is 0 Å². The molecule has 2 heterocycles. The quantitative estimate of drug-likeness (QED) is 0.836. The highest BCUT2D eigenvalue weighted by Crippen LogP contribution is 2.18. The maximum atomic E-state index is 5.02. The predicted molar refractivity (Wildman–Crippen MR) is 75.1 cm³/mol. The average Bonchev–Trinajstić information content (AvgIpc) is 3.03. The number of aryl methyl sites for hydroxylation is 1. The van der Waals surface area contributed by atoms with Crippen LogP contribution in [0.2, 0.25) is 0 Å². The van der Waals surface area contributed by atoms with Gasteiger partial charge in [0.2, 0.25) is 0 Å². The summed E-state index contributed by atoms with van der Waals surface area (Å²) in [4.78, 5) is 2.79. The molecule has 0 spiro atoms. The predicted octanol–water partition coefficient (Wildman–Crippen LogP) is 2.77. The summed E-state index contributed by atoms with van der Waals surface area (Å²) in [5.74, 6) is 0. The first-order valence-corrected chi connectivity index (χ1v) is 6.96. The molecule has 0 atom stereocenters. The number of ether oxygens (including phenoxy) is 1. The summed E-state index contributed by atoms with van der Waals surface area (Å²) in [5, 5.41) is 7.65. The van der Waals surface area contributed by atoms with Crippen LogP contribution in [-0.4, -0.2) is 23.5 Å². The SMILES string of the molecule is CCc1ccc(CNc2cnn(CCOC)c2)s1. The molecule has 5 heteroatoms. The lowest BCUT2D eigenvalue weighted by Gasteiger charge is -2.01. The second kappa shape index (κ2) is 6.56. The van der Waals surface area contributed by atoms with Gasteiger partial charge in [-0.15, -0.1) is 11.3 Å². The van der Waals surface area contributed by atoms with Gasteiger partial charge in [-0.05, 0) is 18.6 Å². The summed E-state index contributed by atoms with van der Waals surface area (Å²) >= 11 is 1.86. The van der Waals surface area contributed by atoms with Crippen LogP contribution in [0.15, 0.2) is 24.5 Å². The highest BCUT2D eigenvalue weighted by molar-refractivity contribution is 7.12. The van der Waals surface area contributed by atoms with E-state index in [-0.39, 0.29) is 0 Å². The molecule has 4 nitrogen and oxygen atoms in total. The first kappa shape index (κ1) is 13.1. The monoisotopic (exact) mass is 265 g/mol. The largest absolute Gasteiger partial charge is 0.383 e. The molecule has 2 rings (SSSR count). The third kappa shape index (κ3) is 3.58. The molecule has 0 amide bonds. The molecule has 0 bridgehead atoms.